The van der Waals surface area contributed by atoms with Gasteiger partial charge >= 0.3 is 0 Å². The minimum Gasteiger partial charge on any atom is -0.378 e. The van der Waals surface area contributed by atoms with E-state index in [1.807, 2.05) is 10.3 Å². The molecule has 1 aliphatic carbocycles. The number of ether oxygens (including phenoxy) is 2. The monoisotopic (exact) mass is 336 g/mol. The molecule has 0 bridgehead atoms. The first-order chi connectivity index (χ1) is 11.2. The zero-order valence-electron chi connectivity index (χ0n) is 13.4. The molecule has 5 nitrogen and oxygen atoms in total. The number of carbonyl (C=O) groups is 1. The molecule has 1 spiro atoms. The average molecular weight is 336 g/mol. The molecular weight excluding hydrogens is 312 g/mol. The second-order valence-corrected chi connectivity index (χ2v) is 7.88. The van der Waals surface area contributed by atoms with Crippen LogP contribution in [0.25, 0.3) is 0 Å². The summed E-state index contributed by atoms with van der Waals surface area (Å²) in [5, 5.41) is 1.81. The number of aromatic nitrogens is 1. The van der Waals surface area contributed by atoms with E-state index < -0.39 is 0 Å². The van der Waals surface area contributed by atoms with Crippen LogP contribution in [0.3, 0.4) is 0 Å². The number of carbonyl (C=O) groups excluding carboxylic acids is 1. The van der Waals surface area contributed by atoms with E-state index in [9.17, 15) is 4.79 Å². The quantitative estimate of drug-likeness (QED) is 0.848. The second-order valence-electron chi connectivity index (χ2n) is 7.16. The van der Waals surface area contributed by atoms with E-state index in [4.69, 9.17) is 9.47 Å². The second kappa shape index (κ2) is 6.49. The lowest BCUT2D eigenvalue weighted by molar-refractivity contribution is -0.187. The van der Waals surface area contributed by atoms with Crippen LogP contribution < -0.4 is 0 Å². The summed E-state index contributed by atoms with van der Waals surface area (Å²) < 4.78 is 12.2. The Morgan fingerprint density at radius 2 is 2.22 bits per heavy atom. The van der Waals surface area contributed by atoms with Gasteiger partial charge < -0.3 is 14.4 Å². The molecule has 1 atom stereocenters. The molecule has 6 heteroatoms. The molecule has 1 unspecified atom stereocenters. The molecule has 4 rings (SSSR count). The van der Waals surface area contributed by atoms with Gasteiger partial charge in [0.25, 0.3) is 5.91 Å². The summed E-state index contributed by atoms with van der Waals surface area (Å²) in [6.07, 6.45) is 7.56. The molecule has 3 fully saturated rings. The van der Waals surface area contributed by atoms with Gasteiger partial charge in [-0.15, -0.1) is 11.3 Å². The third-order valence-electron chi connectivity index (χ3n) is 5.39. The molecule has 23 heavy (non-hydrogen) atoms. The lowest BCUT2D eigenvalue weighted by atomic mass is 9.84. The van der Waals surface area contributed by atoms with E-state index in [1.54, 1.807) is 5.51 Å². The van der Waals surface area contributed by atoms with Gasteiger partial charge in [0.05, 0.1) is 24.7 Å². The van der Waals surface area contributed by atoms with Crippen molar-refractivity contribution < 1.29 is 14.3 Å². The Morgan fingerprint density at radius 3 is 2.96 bits per heavy atom. The van der Waals surface area contributed by atoms with E-state index in [1.165, 1.54) is 37.0 Å². The lowest BCUT2D eigenvalue weighted by Gasteiger charge is -2.52. The van der Waals surface area contributed by atoms with Crippen LogP contribution in [-0.2, 0) is 9.47 Å². The molecule has 2 saturated heterocycles. The average Bonchev–Trinajstić information content (AvgIpc) is 3.23. The van der Waals surface area contributed by atoms with Gasteiger partial charge in [0, 0.05) is 25.0 Å². The van der Waals surface area contributed by atoms with Crippen molar-refractivity contribution in [3.05, 3.63) is 16.6 Å². The van der Waals surface area contributed by atoms with Gasteiger partial charge in [-0.2, -0.15) is 0 Å². The van der Waals surface area contributed by atoms with Crippen molar-refractivity contribution in [3.63, 3.8) is 0 Å². The molecule has 3 heterocycles. The fourth-order valence-corrected chi connectivity index (χ4v) is 4.59. The van der Waals surface area contributed by atoms with Gasteiger partial charge in [-0.3, -0.25) is 4.79 Å². The maximum atomic E-state index is 12.3. The predicted octanol–water partition coefficient (Wildman–Crippen LogP) is 2.72. The normalized spacial score (nSPS) is 27.3. The molecule has 126 valence electrons. The Morgan fingerprint density at radius 1 is 1.39 bits per heavy atom. The standard InChI is InChI=1S/C17H24N2O3S/c20-16(15-9-23-12-18-15)19-10-17(11-19)7-14(5-6-22-17)21-8-13-3-1-2-4-13/h9,12-14H,1-8,10-11H2. The highest BCUT2D eigenvalue weighted by molar-refractivity contribution is 7.07. The van der Waals surface area contributed by atoms with E-state index in [-0.39, 0.29) is 11.5 Å². The van der Waals surface area contributed by atoms with Crippen LogP contribution in [0.1, 0.15) is 49.0 Å². The topological polar surface area (TPSA) is 51.7 Å². The van der Waals surface area contributed by atoms with Gasteiger partial charge in [0.2, 0.25) is 0 Å². The van der Waals surface area contributed by atoms with Gasteiger partial charge in [-0.1, -0.05) is 12.8 Å². The Balaban J connectivity index is 1.27. The molecule has 1 saturated carbocycles. The van der Waals surface area contributed by atoms with E-state index >= 15 is 0 Å². The summed E-state index contributed by atoms with van der Waals surface area (Å²) in [7, 11) is 0. The minimum absolute atomic E-state index is 0.0227. The van der Waals surface area contributed by atoms with Crippen molar-refractivity contribution >= 4 is 17.2 Å². The van der Waals surface area contributed by atoms with E-state index in [2.05, 4.69) is 4.98 Å². The van der Waals surface area contributed by atoms with Crippen LogP contribution >= 0.6 is 11.3 Å². The maximum Gasteiger partial charge on any atom is 0.273 e. The Labute approximate surface area is 141 Å². The number of rotatable bonds is 4. The van der Waals surface area contributed by atoms with Crippen LogP contribution in [0.4, 0.5) is 0 Å². The number of likely N-dealkylation sites (tertiary alicyclic amines) is 1. The fourth-order valence-electron chi connectivity index (χ4n) is 4.07. The number of thiazole rings is 1. The largest absolute Gasteiger partial charge is 0.378 e. The van der Waals surface area contributed by atoms with E-state index in [0.717, 1.165) is 32.0 Å². The van der Waals surface area contributed by atoms with Crippen LogP contribution in [0.2, 0.25) is 0 Å². The molecule has 0 radical (unpaired) electrons. The van der Waals surface area contributed by atoms with Crippen molar-refractivity contribution in [2.75, 3.05) is 26.3 Å². The summed E-state index contributed by atoms with van der Waals surface area (Å²) >= 11 is 1.46. The smallest absolute Gasteiger partial charge is 0.273 e. The Bertz CT molecular complexity index is 536. The molecule has 0 aromatic carbocycles. The first kappa shape index (κ1) is 15.5. The first-order valence-corrected chi connectivity index (χ1v) is 9.61. The molecule has 1 aromatic heterocycles. The predicted molar refractivity (Wildman–Crippen MR) is 87.6 cm³/mol. The van der Waals surface area contributed by atoms with Gasteiger partial charge in [0.15, 0.2) is 0 Å². The number of amides is 1. The number of hydrogen-bond acceptors (Lipinski definition) is 5. The number of hydrogen-bond donors (Lipinski definition) is 0. The Hall–Kier alpha value is -0.980. The zero-order chi connectivity index (χ0) is 15.7. The summed E-state index contributed by atoms with van der Waals surface area (Å²) in [4.78, 5) is 18.2. The number of nitrogens with zero attached hydrogens (tertiary/aromatic N) is 2. The Kier molecular flexibility index (Phi) is 4.39. The van der Waals surface area contributed by atoms with Gasteiger partial charge in [0.1, 0.15) is 11.3 Å². The third kappa shape index (κ3) is 3.30. The molecule has 1 amide bonds. The highest BCUT2D eigenvalue weighted by Gasteiger charge is 2.50. The lowest BCUT2D eigenvalue weighted by Crippen LogP contribution is -2.67. The van der Waals surface area contributed by atoms with Crippen LogP contribution in [0.5, 0.6) is 0 Å². The minimum atomic E-state index is -0.176. The fraction of sp³-hybridized carbons (Fsp3) is 0.765. The maximum absolute atomic E-state index is 12.3. The molecule has 3 aliphatic rings. The highest BCUT2D eigenvalue weighted by atomic mass is 32.1. The molecule has 1 aromatic rings. The highest BCUT2D eigenvalue weighted by Crippen LogP contribution is 2.36. The van der Waals surface area contributed by atoms with Crippen molar-refractivity contribution in [2.24, 2.45) is 5.92 Å². The SMILES string of the molecule is O=C(c1cscn1)N1CC2(CC(OCC3CCCC3)CCO2)C1. The summed E-state index contributed by atoms with van der Waals surface area (Å²) in [5.41, 5.74) is 2.08. The zero-order valence-corrected chi connectivity index (χ0v) is 14.2. The summed E-state index contributed by atoms with van der Waals surface area (Å²) in [5.74, 6) is 0.785. The first-order valence-electron chi connectivity index (χ1n) is 8.67. The summed E-state index contributed by atoms with van der Waals surface area (Å²) in [6.45, 7) is 3.00. The van der Waals surface area contributed by atoms with Crippen molar-refractivity contribution in [1.82, 2.24) is 9.88 Å². The molecular formula is C17H24N2O3S. The van der Waals surface area contributed by atoms with Crippen molar-refractivity contribution in [2.45, 2.75) is 50.2 Å². The van der Waals surface area contributed by atoms with Gasteiger partial charge in [-0.05, 0) is 25.2 Å². The third-order valence-corrected chi connectivity index (χ3v) is 5.97. The van der Waals surface area contributed by atoms with Crippen LogP contribution in [-0.4, -0.2) is 53.8 Å². The molecule has 0 N–H and O–H groups in total. The van der Waals surface area contributed by atoms with Gasteiger partial charge in [-0.25, -0.2) is 4.98 Å². The van der Waals surface area contributed by atoms with Crippen LogP contribution in [0.15, 0.2) is 10.9 Å². The van der Waals surface area contributed by atoms with E-state index in [0.29, 0.717) is 24.9 Å². The molecule has 2 aliphatic heterocycles. The van der Waals surface area contributed by atoms with Crippen molar-refractivity contribution in [1.29, 1.82) is 0 Å². The van der Waals surface area contributed by atoms with Crippen LogP contribution in [0, 0.1) is 5.92 Å². The van der Waals surface area contributed by atoms with Crippen molar-refractivity contribution in [3.8, 4) is 0 Å². The summed E-state index contributed by atoms with van der Waals surface area (Å²) in [6, 6.07) is 0.